The molecule has 0 aliphatic rings. The second kappa shape index (κ2) is 29.2. The summed E-state index contributed by atoms with van der Waals surface area (Å²) in [5, 5.41) is 0. The molecule has 0 saturated carbocycles. The molecule has 0 N–H and O–H groups in total. The van der Waals surface area contributed by atoms with Gasteiger partial charge in [-0.05, 0) is 0 Å². The third kappa shape index (κ3) is 28.2. The van der Waals surface area contributed by atoms with Gasteiger partial charge in [0.05, 0.1) is 0 Å². The van der Waals surface area contributed by atoms with Crippen LogP contribution in [-0.2, 0) is 0 Å². The van der Waals surface area contributed by atoms with Crippen LogP contribution in [0.5, 0.6) is 0 Å². The number of unbranched alkanes of at least 4 members (excludes halogenated alkanes) is 26. The Morgan fingerprint density at radius 1 is 0.267 bits per heavy atom. The molecule has 0 aliphatic heterocycles. The predicted molar refractivity (Wildman–Crippen MR) is 145 cm³/mol. The zero-order valence-electron chi connectivity index (χ0n) is 21.8. The van der Waals surface area contributed by atoms with Crippen molar-refractivity contribution >= 4 is 10.2 Å². The van der Waals surface area contributed by atoms with Crippen LogP contribution in [0.15, 0.2) is 0 Å². The second-order valence-corrected chi connectivity index (χ2v) is 11.2. The van der Waals surface area contributed by atoms with Crippen LogP contribution in [0.3, 0.4) is 0 Å². The first-order valence-corrected chi connectivity index (χ1v) is 16.3. The molecule has 30 heavy (non-hydrogen) atoms. The molecule has 0 saturated heterocycles. The molecule has 0 unspecified atom stereocenters. The summed E-state index contributed by atoms with van der Waals surface area (Å²) in [5.41, 5.74) is 0. The summed E-state index contributed by atoms with van der Waals surface area (Å²) >= 11 is 0. The van der Waals surface area contributed by atoms with Gasteiger partial charge in [0.25, 0.3) is 0 Å². The molecule has 182 valence electrons. The van der Waals surface area contributed by atoms with Crippen LogP contribution in [-0.4, -0.2) is 10.2 Å². The molecule has 0 radical (unpaired) electrons. The van der Waals surface area contributed by atoms with Gasteiger partial charge >= 0.3 is 0 Å². The van der Waals surface area contributed by atoms with E-state index in [-0.39, 0.29) is 0 Å². The van der Waals surface area contributed by atoms with E-state index >= 15 is 0 Å². The van der Waals surface area contributed by atoms with E-state index in [1.165, 1.54) is 190 Å². The standard InChI is InChI=1S/C29H62Si/c1-2-3-4-5-6-7-8-9-10-11-12-13-14-15-16-17-18-19-20-21-22-23-24-25-26-27-28-29-30/h2-29H2,1,30H3. The SMILES string of the molecule is CCCCCCCCCCCCCCCCCCCCCCCCCCCCC[SiH3]. The first-order chi connectivity index (χ1) is 14.9. The molecule has 0 spiro atoms. The highest BCUT2D eigenvalue weighted by atomic mass is 28.1. The monoisotopic (exact) mass is 438 g/mol. The highest BCUT2D eigenvalue weighted by molar-refractivity contribution is 6.08. The van der Waals surface area contributed by atoms with Crippen molar-refractivity contribution in [2.45, 2.75) is 186 Å². The normalized spacial score (nSPS) is 11.5. The van der Waals surface area contributed by atoms with Gasteiger partial charge in [-0.25, -0.2) is 0 Å². The minimum absolute atomic E-state index is 1.38. The average molecular weight is 439 g/mol. The Labute approximate surface area is 196 Å². The fourth-order valence-corrected chi connectivity index (χ4v) is 5.24. The van der Waals surface area contributed by atoms with E-state index in [0.717, 1.165) is 0 Å². The molecule has 1 heteroatoms. The quantitative estimate of drug-likeness (QED) is 0.0883. The lowest BCUT2D eigenvalue weighted by atomic mass is 10.0. The van der Waals surface area contributed by atoms with Gasteiger partial charge in [0.15, 0.2) is 0 Å². The zero-order valence-corrected chi connectivity index (χ0v) is 23.8. The van der Waals surface area contributed by atoms with Gasteiger partial charge in [0, 0.05) is 10.2 Å². The second-order valence-electron chi connectivity index (χ2n) is 10.2. The van der Waals surface area contributed by atoms with Gasteiger partial charge in [-0.3, -0.25) is 0 Å². The highest BCUT2D eigenvalue weighted by Gasteiger charge is 1.96. The summed E-state index contributed by atoms with van der Waals surface area (Å²) in [4.78, 5) is 0. The maximum absolute atomic E-state index is 2.31. The van der Waals surface area contributed by atoms with Crippen molar-refractivity contribution < 1.29 is 0 Å². The van der Waals surface area contributed by atoms with E-state index in [1.54, 1.807) is 0 Å². The molecule has 0 aromatic heterocycles. The summed E-state index contributed by atoms with van der Waals surface area (Å²) < 4.78 is 0. The molecule has 0 bridgehead atoms. The minimum Gasteiger partial charge on any atom is -0.0658 e. The Bertz CT molecular complexity index is 248. The molecule has 0 aromatic rings. The van der Waals surface area contributed by atoms with E-state index in [9.17, 15) is 0 Å². The fourth-order valence-electron chi connectivity index (χ4n) is 4.74. The van der Waals surface area contributed by atoms with Crippen molar-refractivity contribution in [3.05, 3.63) is 0 Å². The molecule has 0 amide bonds. The summed E-state index contributed by atoms with van der Waals surface area (Å²) in [6, 6.07) is 1.51. The summed E-state index contributed by atoms with van der Waals surface area (Å²) in [7, 11) is 1.41. The average Bonchev–Trinajstić information content (AvgIpc) is 2.76. The lowest BCUT2D eigenvalue weighted by Crippen LogP contribution is -1.85. The first kappa shape index (κ1) is 30.2. The van der Waals surface area contributed by atoms with Gasteiger partial charge in [0.1, 0.15) is 0 Å². The van der Waals surface area contributed by atoms with Gasteiger partial charge in [-0.1, -0.05) is 186 Å². The third-order valence-electron chi connectivity index (χ3n) is 6.96. The van der Waals surface area contributed by atoms with Crippen molar-refractivity contribution in [3.8, 4) is 0 Å². The zero-order chi connectivity index (χ0) is 21.8. The molecule has 0 nitrogen and oxygen atoms in total. The van der Waals surface area contributed by atoms with Crippen molar-refractivity contribution in [1.82, 2.24) is 0 Å². The predicted octanol–water partition coefficient (Wildman–Crippen LogP) is 10.3. The third-order valence-corrected chi connectivity index (χ3v) is 7.66. The Hall–Kier alpha value is 0.217. The van der Waals surface area contributed by atoms with E-state index in [0.29, 0.717) is 0 Å². The van der Waals surface area contributed by atoms with Crippen LogP contribution in [0.2, 0.25) is 6.04 Å². The highest BCUT2D eigenvalue weighted by Crippen LogP contribution is 2.16. The maximum atomic E-state index is 2.31. The molecule has 0 fully saturated rings. The lowest BCUT2D eigenvalue weighted by Gasteiger charge is -2.04. The Kier molecular flexibility index (Phi) is 29.4. The van der Waals surface area contributed by atoms with E-state index in [1.807, 2.05) is 0 Å². The smallest absolute Gasteiger partial charge is 0.00279 e. The van der Waals surface area contributed by atoms with Crippen molar-refractivity contribution in [2.24, 2.45) is 0 Å². The van der Waals surface area contributed by atoms with Gasteiger partial charge in [-0.2, -0.15) is 0 Å². The van der Waals surface area contributed by atoms with Crippen LogP contribution in [0.1, 0.15) is 180 Å². The lowest BCUT2D eigenvalue weighted by molar-refractivity contribution is 0.515. The summed E-state index contributed by atoms with van der Waals surface area (Å²) in [6.45, 7) is 2.31. The molecule has 0 aromatic carbocycles. The largest absolute Gasteiger partial charge is 0.0658 e. The van der Waals surface area contributed by atoms with E-state index < -0.39 is 0 Å². The Morgan fingerprint density at radius 2 is 0.433 bits per heavy atom. The molecule has 0 aliphatic carbocycles. The van der Waals surface area contributed by atoms with Crippen molar-refractivity contribution in [3.63, 3.8) is 0 Å². The fraction of sp³-hybridized carbons (Fsp3) is 1.00. The van der Waals surface area contributed by atoms with Crippen molar-refractivity contribution in [1.29, 1.82) is 0 Å². The molecular formula is C29H62Si. The molecule has 0 heterocycles. The summed E-state index contributed by atoms with van der Waals surface area (Å²) in [5.74, 6) is 0. The number of hydrogen-bond donors (Lipinski definition) is 0. The van der Waals surface area contributed by atoms with Gasteiger partial charge in [-0.15, -0.1) is 0 Å². The van der Waals surface area contributed by atoms with Gasteiger partial charge in [0.2, 0.25) is 0 Å². The van der Waals surface area contributed by atoms with Crippen LogP contribution in [0, 0.1) is 0 Å². The van der Waals surface area contributed by atoms with Crippen LogP contribution in [0.25, 0.3) is 0 Å². The van der Waals surface area contributed by atoms with Crippen molar-refractivity contribution in [2.75, 3.05) is 0 Å². The van der Waals surface area contributed by atoms with E-state index in [2.05, 4.69) is 6.92 Å². The number of rotatable bonds is 27. The van der Waals surface area contributed by atoms with E-state index in [4.69, 9.17) is 0 Å². The molecule has 0 rings (SSSR count). The van der Waals surface area contributed by atoms with Gasteiger partial charge < -0.3 is 0 Å². The number of hydrogen-bond acceptors (Lipinski definition) is 0. The topological polar surface area (TPSA) is 0 Å². The molecule has 0 atom stereocenters. The van der Waals surface area contributed by atoms with Crippen LogP contribution >= 0.6 is 0 Å². The first-order valence-electron chi connectivity index (χ1n) is 14.9. The minimum atomic E-state index is 1.38. The Morgan fingerprint density at radius 3 is 0.600 bits per heavy atom. The Balaban J connectivity index is 2.97. The van der Waals surface area contributed by atoms with Crippen LogP contribution < -0.4 is 0 Å². The van der Waals surface area contributed by atoms with Crippen LogP contribution in [0.4, 0.5) is 0 Å². The summed E-state index contributed by atoms with van der Waals surface area (Å²) in [6.07, 6.45) is 40.2. The maximum Gasteiger partial charge on any atom is 0.00279 e. The molecular weight excluding hydrogens is 376 g/mol.